The Kier molecular flexibility index (Phi) is 6.70. The summed E-state index contributed by atoms with van der Waals surface area (Å²) in [7, 11) is 0. The van der Waals surface area contributed by atoms with E-state index in [0.29, 0.717) is 23.7 Å². The Morgan fingerprint density at radius 1 is 1.21 bits per heavy atom. The number of piperidine rings is 1. The van der Waals surface area contributed by atoms with Crippen molar-refractivity contribution in [2.75, 3.05) is 57.4 Å². The first-order chi connectivity index (χ1) is 16.2. The van der Waals surface area contributed by atoms with Crippen LogP contribution >= 0.6 is 11.3 Å². The quantitative estimate of drug-likeness (QED) is 0.578. The molecule has 5 rings (SSSR count). The molecule has 1 aromatic carbocycles. The number of aromatic nitrogens is 2. The molecule has 8 nitrogen and oxygen atoms in total. The summed E-state index contributed by atoms with van der Waals surface area (Å²) in [6.45, 7) is 6.18. The minimum absolute atomic E-state index is 0.0805. The van der Waals surface area contributed by atoms with Crippen LogP contribution < -0.4 is 15.8 Å². The minimum Gasteiger partial charge on any atom is -0.379 e. The number of anilines is 1. The van der Waals surface area contributed by atoms with Crippen molar-refractivity contribution in [3.8, 4) is 11.1 Å². The third kappa shape index (κ3) is 4.95. The fourth-order valence-corrected chi connectivity index (χ4v) is 5.49. The van der Waals surface area contributed by atoms with Gasteiger partial charge in [-0.2, -0.15) is 0 Å². The van der Waals surface area contributed by atoms with Gasteiger partial charge in [0.25, 0.3) is 5.56 Å². The van der Waals surface area contributed by atoms with E-state index in [1.54, 1.807) is 0 Å². The van der Waals surface area contributed by atoms with Crippen LogP contribution in [0.25, 0.3) is 21.3 Å². The van der Waals surface area contributed by atoms with Crippen LogP contribution in [0.5, 0.6) is 0 Å². The first-order valence-electron chi connectivity index (χ1n) is 11.6. The molecule has 0 spiro atoms. The van der Waals surface area contributed by atoms with E-state index in [4.69, 9.17) is 9.72 Å². The number of carbonyl (C=O) groups excluding carboxylic acids is 1. The van der Waals surface area contributed by atoms with E-state index in [0.717, 1.165) is 68.9 Å². The van der Waals surface area contributed by atoms with Gasteiger partial charge in [-0.05, 0) is 18.4 Å². The van der Waals surface area contributed by atoms with Crippen LogP contribution in [0.4, 0.5) is 5.95 Å². The van der Waals surface area contributed by atoms with Crippen LogP contribution in [0.15, 0.2) is 40.5 Å². The molecule has 1 atom stereocenters. The number of nitrogens with zero attached hydrogens (tertiary/aromatic N) is 3. The highest BCUT2D eigenvalue weighted by Crippen LogP contribution is 2.32. The van der Waals surface area contributed by atoms with Gasteiger partial charge in [0.2, 0.25) is 11.9 Å². The Morgan fingerprint density at radius 3 is 2.85 bits per heavy atom. The number of thiophene rings is 1. The molecule has 2 aromatic heterocycles. The van der Waals surface area contributed by atoms with Crippen LogP contribution in [0.2, 0.25) is 0 Å². The molecular weight excluding hydrogens is 438 g/mol. The SMILES string of the molecule is O=C(NCCN1CCOCC1)[C@H]1CCCN(c2nc3c(-c4ccccc4)csc3c(=O)[nH]2)C1. The number of fused-ring (bicyclic) bond motifs is 1. The van der Waals surface area contributed by atoms with Crippen molar-refractivity contribution >= 4 is 33.4 Å². The molecular formula is C24H29N5O3S. The number of hydrogen-bond donors (Lipinski definition) is 2. The van der Waals surface area contributed by atoms with E-state index in [2.05, 4.69) is 15.2 Å². The van der Waals surface area contributed by atoms with Crippen molar-refractivity contribution < 1.29 is 9.53 Å². The molecule has 2 aliphatic heterocycles. The number of aromatic amines is 1. The molecule has 2 N–H and O–H groups in total. The van der Waals surface area contributed by atoms with Gasteiger partial charge in [0.1, 0.15) is 4.70 Å². The predicted octanol–water partition coefficient (Wildman–Crippen LogP) is 2.32. The lowest BCUT2D eigenvalue weighted by Gasteiger charge is -2.32. The van der Waals surface area contributed by atoms with E-state index >= 15 is 0 Å². The van der Waals surface area contributed by atoms with Crippen molar-refractivity contribution in [3.05, 3.63) is 46.1 Å². The van der Waals surface area contributed by atoms with Gasteiger partial charge in [-0.25, -0.2) is 4.98 Å². The summed E-state index contributed by atoms with van der Waals surface area (Å²) in [6.07, 6.45) is 1.73. The first-order valence-corrected chi connectivity index (χ1v) is 12.5. The predicted molar refractivity (Wildman–Crippen MR) is 131 cm³/mol. The van der Waals surface area contributed by atoms with E-state index in [-0.39, 0.29) is 17.4 Å². The van der Waals surface area contributed by atoms with Crippen LogP contribution in [0, 0.1) is 5.92 Å². The zero-order valence-corrected chi connectivity index (χ0v) is 19.4. The summed E-state index contributed by atoms with van der Waals surface area (Å²) in [6, 6.07) is 10.0. The van der Waals surface area contributed by atoms with Gasteiger partial charge in [-0.1, -0.05) is 30.3 Å². The number of carbonyl (C=O) groups is 1. The van der Waals surface area contributed by atoms with Crippen LogP contribution in [0.3, 0.4) is 0 Å². The first kappa shape index (κ1) is 22.1. The second kappa shape index (κ2) is 10.0. The maximum Gasteiger partial charge on any atom is 0.270 e. The lowest BCUT2D eigenvalue weighted by molar-refractivity contribution is -0.125. The summed E-state index contributed by atoms with van der Waals surface area (Å²) in [5.74, 6) is 0.520. The highest BCUT2D eigenvalue weighted by molar-refractivity contribution is 7.17. The summed E-state index contributed by atoms with van der Waals surface area (Å²) in [4.78, 5) is 37.8. The average molecular weight is 468 g/mol. The maximum atomic E-state index is 12.8. The zero-order chi connectivity index (χ0) is 22.6. The molecule has 0 bridgehead atoms. The van der Waals surface area contributed by atoms with Gasteiger partial charge in [-0.15, -0.1) is 11.3 Å². The van der Waals surface area contributed by atoms with Crippen molar-refractivity contribution in [1.82, 2.24) is 20.2 Å². The number of amides is 1. The Balaban J connectivity index is 1.28. The maximum absolute atomic E-state index is 12.8. The fraction of sp³-hybridized carbons (Fsp3) is 0.458. The Morgan fingerprint density at radius 2 is 2.03 bits per heavy atom. The summed E-state index contributed by atoms with van der Waals surface area (Å²) in [5.41, 5.74) is 2.61. The van der Waals surface area contributed by atoms with E-state index in [1.807, 2.05) is 40.6 Å². The van der Waals surface area contributed by atoms with Crippen molar-refractivity contribution in [3.63, 3.8) is 0 Å². The summed E-state index contributed by atoms with van der Waals surface area (Å²) < 4.78 is 6.01. The van der Waals surface area contributed by atoms with Crippen LogP contribution in [-0.2, 0) is 9.53 Å². The van der Waals surface area contributed by atoms with Crippen molar-refractivity contribution in [2.45, 2.75) is 12.8 Å². The molecule has 3 aromatic rings. The van der Waals surface area contributed by atoms with Gasteiger partial charge in [0.05, 0.1) is 24.6 Å². The zero-order valence-electron chi connectivity index (χ0n) is 18.6. The second-order valence-corrected chi connectivity index (χ2v) is 9.49. The topological polar surface area (TPSA) is 90.6 Å². The van der Waals surface area contributed by atoms with E-state index < -0.39 is 0 Å². The fourth-order valence-electron chi connectivity index (χ4n) is 4.58. The molecule has 0 unspecified atom stereocenters. The largest absolute Gasteiger partial charge is 0.379 e. The second-order valence-electron chi connectivity index (χ2n) is 8.61. The third-order valence-corrected chi connectivity index (χ3v) is 7.39. The number of benzene rings is 1. The minimum atomic E-state index is -0.126. The molecule has 0 radical (unpaired) electrons. The molecule has 4 heterocycles. The van der Waals surface area contributed by atoms with E-state index in [1.165, 1.54) is 11.3 Å². The Bertz CT molecular complexity index is 1160. The number of morpholine rings is 1. The number of rotatable bonds is 6. The molecule has 2 aliphatic rings. The Hall–Kier alpha value is -2.75. The van der Waals surface area contributed by atoms with Gasteiger partial charge < -0.3 is 15.0 Å². The molecule has 2 saturated heterocycles. The number of H-pyrrole nitrogens is 1. The molecule has 2 fully saturated rings. The summed E-state index contributed by atoms with van der Waals surface area (Å²) >= 11 is 1.42. The normalized spacial score (nSPS) is 19.6. The molecule has 0 saturated carbocycles. The number of ether oxygens (including phenoxy) is 1. The molecule has 33 heavy (non-hydrogen) atoms. The smallest absolute Gasteiger partial charge is 0.270 e. The Labute approximate surface area is 196 Å². The van der Waals surface area contributed by atoms with Gasteiger partial charge >= 0.3 is 0 Å². The highest BCUT2D eigenvalue weighted by Gasteiger charge is 2.27. The lowest BCUT2D eigenvalue weighted by Crippen LogP contribution is -2.46. The van der Waals surface area contributed by atoms with Crippen LogP contribution in [0.1, 0.15) is 12.8 Å². The van der Waals surface area contributed by atoms with E-state index in [9.17, 15) is 9.59 Å². The van der Waals surface area contributed by atoms with Crippen molar-refractivity contribution in [1.29, 1.82) is 0 Å². The molecule has 1 amide bonds. The monoisotopic (exact) mass is 467 g/mol. The standard InChI is InChI=1S/C24H29N5O3S/c30-22(25-8-10-28-11-13-32-14-12-28)18-7-4-9-29(15-18)24-26-20-19(17-5-2-1-3-6-17)16-33-21(20)23(31)27-24/h1-3,5-6,16,18H,4,7-15H2,(H,25,30)(H,26,27,31)/t18-/m0/s1. The van der Waals surface area contributed by atoms with Gasteiger partial charge in [0, 0.05) is 50.2 Å². The van der Waals surface area contributed by atoms with Crippen LogP contribution in [-0.4, -0.2) is 73.3 Å². The highest BCUT2D eigenvalue weighted by atomic mass is 32.1. The van der Waals surface area contributed by atoms with Crippen molar-refractivity contribution in [2.24, 2.45) is 5.92 Å². The molecule has 0 aliphatic carbocycles. The molecule has 174 valence electrons. The number of hydrogen-bond acceptors (Lipinski definition) is 7. The number of nitrogens with one attached hydrogen (secondary N) is 2. The third-order valence-electron chi connectivity index (χ3n) is 6.42. The van der Waals surface area contributed by atoms with Gasteiger partial charge in [0.15, 0.2) is 0 Å². The molecule has 9 heteroatoms. The lowest BCUT2D eigenvalue weighted by atomic mass is 9.97. The summed E-state index contributed by atoms with van der Waals surface area (Å²) in [5, 5.41) is 5.09. The average Bonchev–Trinajstić information content (AvgIpc) is 3.30. The van der Waals surface area contributed by atoms with Gasteiger partial charge in [-0.3, -0.25) is 19.5 Å².